The van der Waals surface area contributed by atoms with Gasteiger partial charge in [0.05, 0.1) is 0 Å². The quantitative estimate of drug-likeness (QED) is 0.170. The number of hydrogen-bond acceptors (Lipinski definition) is 3. The molecule has 0 aliphatic heterocycles. The highest BCUT2D eigenvalue weighted by Gasteiger charge is 2.18. The molecular weight excluding hydrogens is 687 g/mol. The Kier molecular flexibility index (Phi) is 7.39. The first kappa shape index (κ1) is 31.6. The topological polar surface area (TPSA) is 16.4 Å². The second-order valence-corrected chi connectivity index (χ2v) is 15.1. The minimum Gasteiger partial charge on any atom is -0.456 e. The van der Waals surface area contributed by atoms with Gasteiger partial charge in [-0.1, -0.05) is 140 Å². The molecule has 3 heteroatoms. The van der Waals surface area contributed by atoms with Crippen molar-refractivity contribution in [3.05, 3.63) is 200 Å². The molecule has 0 radical (unpaired) electrons. The lowest BCUT2D eigenvalue weighted by molar-refractivity contribution is 0.669. The van der Waals surface area contributed by atoms with E-state index in [1.165, 1.54) is 53.2 Å². The fourth-order valence-corrected chi connectivity index (χ4v) is 9.48. The number of rotatable bonds is 6. The lowest BCUT2D eigenvalue weighted by atomic mass is 9.97. The summed E-state index contributed by atoms with van der Waals surface area (Å²) < 4.78 is 8.86. The van der Waals surface area contributed by atoms with Crippen LogP contribution >= 0.6 is 11.3 Å². The summed E-state index contributed by atoms with van der Waals surface area (Å²) in [5.74, 6) is 0. The first-order valence-corrected chi connectivity index (χ1v) is 19.5. The van der Waals surface area contributed by atoms with Gasteiger partial charge in [-0.2, -0.15) is 0 Å². The highest BCUT2D eigenvalue weighted by molar-refractivity contribution is 7.25. The van der Waals surface area contributed by atoms with Gasteiger partial charge in [-0.05, 0) is 105 Å². The number of thiophene rings is 1. The molecule has 0 spiro atoms. The normalized spacial score (nSPS) is 11.6. The Morgan fingerprint density at radius 1 is 0.345 bits per heavy atom. The van der Waals surface area contributed by atoms with Crippen molar-refractivity contribution in [1.29, 1.82) is 0 Å². The van der Waals surface area contributed by atoms with Crippen molar-refractivity contribution < 1.29 is 4.42 Å². The van der Waals surface area contributed by atoms with Gasteiger partial charge < -0.3 is 9.32 Å². The molecule has 258 valence electrons. The standard InChI is InChI=1S/C52H33NOS/c1-2-15-41-34(11-1)12-8-18-42(41)35-25-29-38(30-26-35)53(39-31-27-36(28-32-39)43-19-9-22-48-51(43)45-16-3-5-21-47(45)54-48)40-14-7-13-37(33-40)44-20-10-24-50-52(44)46-17-4-6-23-49(46)55-50/h1-33H. The molecule has 0 bridgehead atoms. The van der Waals surface area contributed by atoms with Crippen LogP contribution in [0, 0.1) is 0 Å². The van der Waals surface area contributed by atoms with Crippen molar-refractivity contribution in [3.8, 4) is 33.4 Å². The fourth-order valence-electron chi connectivity index (χ4n) is 8.35. The molecule has 0 unspecified atom stereocenters. The zero-order valence-electron chi connectivity index (χ0n) is 29.8. The Morgan fingerprint density at radius 3 is 1.73 bits per heavy atom. The van der Waals surface area contributed by atoms with E-state index in [-0.39, 0.29) is 0 Å². The Balaban J connectivity index is 1.05. The van der Waals surface area contributed by atoms with Gasteiger partial charge in [-0.25, -0.2) is 0 Å². The first-order valence-electron chi connectivity index (χ1n) is 18.7. The summed E-state index contributed by atoms with van der Waals surface area (Å²) in [5.41, 5.74) is 12.3. The summed E-state index contributed by atoms with van der Waals surface area (Å²) in [7, 11) is 0. The third-order valence-corrected chi connectivity index (χ3v) is 12.0. The van der Waals surface area contributed by atoms with Gasteiger partial charge in [0.1, 0.15) is 11.2 Å². The number of hydrogen-bond donors (Lipinski definition) is 0. The zero-order chi connectivity index (χ0) is 36.3. The Bertz CT molecular complexity index is 3200. The number of fused-ring (bicyclic) bond motifs is 7. The molecule has 0 saturated heterocycles. The van der Waals surface area contributed by atoms with Gasteiger partial charge in [-0.15, -0.1) is 11.3 Å². The molecule has 0 amide bonds. The van der Waals surface area contributed by atoms with E-state index in [0.29, 0.717) is 0 Å². The second kappa shape index (κ2) is 12.9. The minimum absolute atomic E-state index is 0.904. The third-order valence-electron chi connectivity index (χ3n) is 10.9. The maximum absolute atomic E-state index is 6.24. The second-order valence-electron chi connectivity index (χ2n) is 14.1. The molecule has 11 aromatic rings. The molecule has 55 heavy (non-hydrogen) atoms. The first-order chi connectivity index (χ1) is 27.3. The van der Waals surface area contributed by atoms with Crippen LogP contribution in [0.4, 0.5) is 17.1 Å². The molecule has 0 fully saturated rings. The van der Waals surface area contributed by atoms with Crippen molar-refractivity contribution >= 4 is 81.3 Å². The Hall–Kier alpha value is -6.94. The fraction of sp³-hybridized carbons (Fsp3) is 0. The molecule has 0 N–H and O–H groups in total. The molecule has 2 aromatic heterocycles. The highest BCUT2D eigenvalue weighted by Crippen LogP contribution is 2.44. The molecule has 0 saturated carbocycles. The van der Waals surface area contributed by atoms with Gasteiger partial charge in [0.2, 0.25) is 0 Å². The maximum Gasteiger partial charge on any atom is 0.136 e. The van der Waals surface area contributed by atoms with Crippen LogP contribution in [0.3, 0.4) is 0 Å². The van der Waals surface area contributed by atoms with Crippen LogP contribution in [0.1, 0.15) is 0 Å². The number of para-hydroxylation sites is 1. The van der Waals surface area contributed by atoms with Crippen molar-refractivity contribution in [2.75, 3.05) is 4.90 Å². The van der Waals surface area contributed by atoms with Crippen LogP contribution < -0.4 is 4.90 Å². The van der Waals surface area contributed by atoms with Gasteiger partial charge in [0, 0.05) is 48.0 Å². The number of anilines is 3. The van der Waals surface area contributed by atoms with E-state index in [9.17, 15) is 0 Å². The van der Waals surface area contributed by atoms with Crippen LogP contribution in [0.2, 0.25) is 0 Å². The van der Waals surface area contributed by atoms with E-state index in [1.54, 1.807) is 0 Å². The molecule has 2 nitrogen and oxygen atoms in total. The molecule has 0 aliphatic rings. The van der Waals surface area contributed by atoms with E-state index >= 15 is 0 Å². The van der Waals surface area contributed by atoms with Crippen LogP contribution in [0.5, 0.6) is 0 Å². The van der Waals surface area contributed by atoms with Crippen molar-refractivity contribution in [2.24, 2.45) is 0 Å². The van der Waals surface area contributed by atoms with E-state index < -0.39 is 0 Å². The predicted octanol–water partition coefficient (Wildman–Crippen LogP) is 15.6. The minimum atomic E-state index is 0.904. The predicted molar refractivity (Wildman–Crippen MR) is 235 cm³/mol. The van der Waals surface area contributed by atoms with Gasteiger partial charge in [0.25, 0.3) is 0 Å². The summed E-state index contributed by atoms with van der Waals surface area (Å²) in [6.07, 6.45) is 0. The van der Waals surface area contributed by atoms with Crippen LogP contribution in [0.15, 0.2) is 205 Å². The molecule has 9 aromatic carbocycles. The van der Waals surface area contributed by atoms with Crippen LogP contribution in [0.25, 0.3) is 86.3 Å². The number of benzene rings is 9. The summed E-state index contributed by atoms with van der Waals surface area (Å²) >= 11 is 1.86. The lowest BCUT2D eigenvalue weighted by Crippen LogP contribution is -2.10. The zero-order valence-corrected chi connectivity index (χ0v) is 30.6. The Labute approximate surface area is 322 Å². The van der Waals surface area contributed by atoms with Gasteiger partial charge in [-0.3, -0.25) is 0 Å². The monoisotopic (exact) mass is 719 g/mol. The average molecular weight is 720 g/mol. The molecule has 2 heterocycles. The van der Waals surface area contributed by atoms with E-state index in [2.05, 4.69) is 193 Å². The summed E-state index contributed by atoms with van der Waals surface area (Å²) in [6, 6.07) is 72.2. The van der Waals surface area contributed by atoms with Crippen molar-refractivity contribution in [3.63, 3.8) is 0 Å². The lowest BCUT2D eigenvalue weighted by Gasteiger charge is -2.26. The largest absolute Gasteiger partial charge is 0.456 e. The van der Waals surface area contributed by atoms with E-state index in [0.717, 1.165) is 50.1 Å². The molecule has 11 rings (SSSR count). The van der Waals surface area contributed by atoms with Gasteiger partial charge >= 0.3 is 0 Å². The molecule has 0 atom stereocenters. The SMILES string of the molecule is c1cc(-c2cccc3sc4ccccc4c23)cc(N(c2ccc(-c3cccc4ccccc34)cc2)c2ccc(-c3cccc4oc5ccccc5c34)cc2)c1. The van der Waals surface area contributed by atoms with Crippen LogP contribution in [-0.2, 0) is 0 Å². The summed E-state index contributed by atoms with van der Waals surface area (Å²) in [5, 5.41) is 7.41. The van der Waals surface area contributed by atoms with Crippen LogP contribution in [-0.4, -0.2) is 0 Å². The number of nitrogens with zero attached hydrogens (tertiary/aromatic N) is 1. The Morgan fingerprint density at radius 2 is 0.909 bits per heavy atom. The average Bonchev–Trinajstić information content (AvgIpc) is 3.83. The highest BCUT2D eigenvalue weighted by atomic mass is 32.1. The molecule has 0 aliphatic carbocycles. The van der Waals surface area contributed by atoms with Crippen molar-refractivity contribution in [2.45, 2.75) is 0 Å². The number of furan rings is 1. The summed E-state index contributed by atoms with van der Waals surface area (Å²) in [6.45, 7) is 0. The van der Waals surface area contributed by atoms with Crippen molar-refractivity contribution in [1.82, 2.24) is 0 Å². The third kappa shape index (κ3) is 5.32. The van der Waals surface area contributed by atoms with E-state index in [1.807, 2.05) is 23.5 Å². The maximum atomic E-state index is 6.24. The van der Waals surface area contributed by atoms with Gasteiger partial charge in [0.15, 0.2) is 0 Å². The summed E-state index contributed by atoms with van der Waals surface area (Å²) in [4.78, 5) is 2.37. The molecular formula is C52H33NOS. The van der Waals surface area contributed by atoms with E-state index in [4.69, 9.17) is 4.42 Å². The smallest absolute Gasteiger partial charge is 0.136 e.